The van der Waals surface area contributed by atoms with Crippen LogP contribution < -0.4 is 4.90 Å². The number of anilines is 2. The van der Waals surface area contributed by atoms with Gasteiger partial charge in [-0.25, -0.2) is 0 Å². The Hall–Kier alpha value is -4.62. The van der Waals surface area contributed by atoms with Crippen LogP contribution >= 0.6 is 0 Å². The fourth-order valence-corrected chi connectivity index (χ4v) is 5.08. The van der Waals surface area contributed by atoms with Crippen LogP contribution in [0.4, 0.5) is 11.4 Å². The maximum Gasteiger partial charge on any atom is 0.0461 e. The minimum absolute atomic E-state index is 1.06. The Morgan fingerprint density at radius 3 is 1.76 bits per heavy atom. The molecule has 0 aromatic heterocycles. The van der Waals surface area contributed by atoms with Gasteiger partial charge in [-0.15, -0.1) is 0 Å². The Balaban J connectivity index is 0.000000972. The van der Waals surface area contributed by atoms with E-state index in [0.717, 1.165) is 24.2 Å². The van der Waals surface area contributed by atoms with Gasteiger partial charge in [0, 0.05) is 17.1 Å². The smallest absolute Gasteiger partial charge is 0.0461 e. The fourth-order valence-electron chi connectivity index (χ4n) is 5.08. The van der Waals surface area contributed by atoms with E-state index >= 15 is 0 Å². The number of nitrogens with zero attached hydrogens (tertiary/aromatic N) is 1. The molecule has 1 aliphatic rings. The summed E-state index contributed by atoms with van der Waals surface area (Å²) in [7, 11) is 0. The Kier molecular flexibility index (Phi) is 11.1. The molecule has 0 heterocycles. The molecule has 42 heavy (non-hydrogen) atoms. The minimum Gasteiger partial charge on any atom is -0.311 e. The number of aryl methyl sites for hydroxylation is 1. The summed E-state index contributed by atoms with van der Waals surface area (Å²) in [6.45, 7) is 10.1. The molecule has 212 valence electrons. The van der Waals surface area contributed by atoms with Crippen LogP contribution in [0, 0.1) is 6.92 Å². The van der Waals surface area contributed by atoms with E-state index in [-0.39, 0.29) is 0 Å². The molecular weight excluding hydrogens is 506 g/mol. The summed E-state index contributed by atoms with van der Waals surface area (Å²) in [4.78, 5) is 2.36. The first-order valence-electron chi connectivity index (χ1n) is 15.3. The molecule has 0 spiro atoms. The van der Waals surface area contributed by atoms with Crippen LogP contribution in [-0.2, 0) is 0 Å². The van der Waals surface area contributed by atoms with E-state index in [9.17, 15) is 0 Å². The SMILES string of the molecule is CC.CC.Cc1ccc(/C=C/c2ccc(N(C3=CCCC=C3)c3ccc(-c4cccc5ccccc45)cc3)cc2)cc1. The molecular formula is C41H43N. The van der Waals surface area contributed by atoms with Gasteiger partial charge in [-0.1, -0.05) is 149 Å². The van der Waals surface area contributed by atoms with Gasteiger partial charge in [0.15, 0.2) is 0 Å². The monoisotopic (exact) mass is 549 g/mol. The fraction of sp³-hybridized carbons (Fsp3) is 0.171. The lowest BCUT2D eigenvalue weighted by atomic mass is 9.98. The number of benzene rings is 5. The van der Waals surface area contributed by atoms with Gasteiger partial charge < -0.3 is 4.90 Å². The molecule has 0 aliphatic heterocycles. The van der Waals surface area contributed by atoms with Crippen molar-refractivity contribution in [1.29, 1.82) is 0 Å². The second kappa shape index (κ2) is 15.4. The number of hydrogen-bond donors (Lipinski definition) is 0. The van der Waals surface area contributed by atoms with Crippen LogP contribution in [0.2, 0.25) is 0 Å². The van der Waals surface area contributed by atoms with Crippen molar-refractivity contribution in [2.45, 2.75) is 47.5 Å². The van der Waals surface area contributed by atoms with Crippen molar-refractivity contribution in [3.05, 3.63) is 156 Å². The quantitative estimate of drug-likeness (QED) is 0.190. The van der Waals surface area contributed by atoms with Gasteiger partial charge in [0.25, 0.3) is 0 Å². The van der Waals surface area contributed by atoms with Crippen LogP contribution in [-0.4, -0.2) is 0 Å². The highest BCUT2D eigenvalue weighted by Gasteiger charge is 2.15. The maximum absolute atomic E-state index is 2.36. The predicted octanol–water partition coefficient (Wildman–Crippen LogP) is 12.4. The van der Waals surface area contributed by atoms with Gasteiger partial charge in [0.1, 0.15) is 0 Å². The van der Waals surface area contributed by atoms with E-state index in [1.54, 1.807) is 0 Å². The molecule has 0 N–H and O–H groups in total. The zero-order valence-electron chi connectivity index (χ0n) is 25.7. The summed E-state index contributed by atoms with van der Waals surface area (Å²) < 4.78 is 0. The molecule has 0 unspecified atom stereocenters. The van der Waals surface area contributed by atoms with Crippen LogP contribution in [0.25, 0.3) is 34.1 Å². The Morgan fingerprint density at radius 1 is 0.571 bits per heavy atom. The highest BCUT2D eigenvalue weighted by molar-refractivity contribution is 5.96. The average molecular weight is 550 g/mol. The van der Waals surface area contributed by atoms with Crippen LogP contribution in [0.5, 0.6) is 0 Å². The summed E-state index contributed by atoms with van der Waals surface area (Å²) in [5, 5.41) is 2.55. The molecule has 0 saturated carbocycles. The van der Waals surface area contributed by atoms with E-state index in [1.165, 1.54) is 44.3 Å². The van der Waals surface area contributed by atoms with E-state index in [2.05, 4.69) is 157 Å². The van der Waals surface area contributed by atoms with Crippen molar-refractivity contribution < 1.29 is 0 Å². The third-order valence-corrected chi connectivity index (χ3v) is 7.16. The highest BCUT2D eigenvalue weighted by Crippen LogP contribution is 2.35. The third-order valence-electron chi connectivity index (χ3n) is 7.16. The summed E-state index contributed by atoms with van der Waals surface area (Å²) in [6, 6.07) is 41.6. The number of rotatable bonds is 6. The maximum atomic E-state index is 2.36. The lowest BCUT2D eigenvalue weighted by Crippen LogP contribution is -2.16. The number of allylic oxidation sites excluding steroid dienone is 3. The lowest BCUT2D eigenvalue weighted by Gasteiger charge is -2.28. The molecule has 1 aliphatic carbocycles. The second-order valence-corrected chi connectivity index (χ2v) is 9.85. The van der Waals surface area contributed by atoms with Crippen molar-refractivity contribution >= 4 is 34.3 Å². The van der Waals surface area contributed by atoms with Gasteiger partial charge in [-0.05, 0) is 83.1 Å². The highest BCUT2D eigenvalue weighted by atomic mass is 15.1. The topological polar surface area (TPSA) is 3.24 Å². The first kappa shape index (κ1) is 30.3. The predicted molar refractivity (Wildman–Crippen MR) is 187 cm³/mol. The van der Waals surface area contributed by atoms with Crippen molar-refractivity contribution in [1.82, 2.24) is 0 Å². The molecule has 0 fully saturated rings. The normalized spacial score (nSPS) is 12.2. The van der Waals surface area contributed by atoms with Crippen molar-refractivity contribution in [2.75, 3.05) is 4.90 Å². The minimum atomic E-state index is 1.06. The molecule has 5 aromatic rings. The summed E-state index contributed by atoms with van der Waals surface area (Å²) >= 11 is 0. The van der Waals surface area contributed by atoms with Gasteiger partial charge >= 0.3 is 0 Å². The largest absolute Gasteiger partial charge is 0.311 e. The molecule has 0 atom stereocenters. The average Bonchev–Trinajstić information content (AvgIpc) is 3.08. The third kappa shape index (κ3) is 7.36. The molecule has 0 saturated heterocycles. The van der Waals surface area contributed by atoms with Gasteiger partial charge in [0.05, 0.1) is 0 Å². The van der Waals surface area contributed by atoms with Crippen molar-refractivity contribution in [3.63, 3.8) is 0 Å². The van der Waals surface area contributed by atoms with E-state index in [0.29, 0.717) is 0 Å². The standard InChI is InChI=1S/C37H31N.2C2H6/c1-28-14-16-29(17-15-28)18-19-30-20-24-34(25-21-30)38(33-10-3-2-4-11-33)35-26-22-32(23-27-35)37-13-7-9-31-8-5-6-12-36(31)37;2*1-2/h3,5-27H,2,4H2,1H3;2*1-2H3/b19-18+;;. The number of fused-ring (bicyclic) bond motifs is 1. The molecule has 1 heteroatoms. The molecule has 5 aromatic carbocycles. The molecule has 0 radical (unpaired) electrons. The molecule has 0 amide bonds. The number of hydrogen-bond acceptors (Lipinski definition) is 1. The molecule has 0 bridgehead atoms. The zero-order chi connectivity index (χ0) is 29.7. The summed E-state index contributed by atoms with van der Waals surface area (Å²) in [6.07, 6.45) is 13.4. The Bertz CT molecular complexity index is 1630. The Morgan fingerprint density at radius 2 is 1.14 bits per heavy atom. The lowest BCUT2D eigenvalue weighted by molar-refractivity contribution is 0.997. The first-order valence-corrected chi connectivity index (χ1v) is 15.3. The zero-order valence-corrected chi connectivity index (χ0v) is 25.7. The van der Waals surface area contributed by atoms with Gasteiger partial charge in [-0.2, -0.15) is 0 Å². The second-order valence-electron chi connectivity index (χ2n) is 9.85. The van der Waals surface area contributed by atoms with Gasteiger partial charge in [0.2, 0.25) is 0 Å². The van der Waals surface area contributed by atoms with Crippen molar-refractivity contribution in [3.8, 4) is 11.1 Å². The molecule has 6 rings (SSSR count). The van der Waals surface area contributed by atoms with E-state index in [4.69, 9.17) is 0 Å². The van der Waals surface area contributed by atoms with Crippen LogP contribution in [0.15, 0.2) is 139 Å². The molecule has 1 nitrogen and oxygen atoms in total. The first-order chi connectivity index (χ1) is 20.7. The van der Waals surface area contributed by atoms with Crippen LogP contribution in [0.1, 0.15) is 57.2 Å². The van der Waals surface area contributed by atoms with Gasteiger partial charge in [-0.3, -0.25) is 0 Å². The van der Waals surface area contributed by atoms with Crippen LogP contribution in [0.3, 0.4) is 0 Å². The Labute approximate surface area is 253 Å². The van der Waals surface area contributed by atoms with E-state index in [1.807, 2.05) is 27.7 Å². The summed E-state index contributed by atoms with van der Waals surface area (Å²) in [5.74, 6) is 0. The summed E-state index contributed by atoms with van der Waals surface area (Å²) in [5.41, 5.74) is 9.72. The van der Waals surface area contributed by atoms with E-state index < -0.39 is 0 Å². The van der Waals surface area contributed by atoms with Crippen molar-refractivity contribution in [2.24, 2.45) is 0 Å².